The third-order valence-electron chi connectivity index (χ3n) is 4.08. The molecule has 1 aromatic rings. The summed E-state index contributed by atoms with van der Waals surface area (Å²) < 4.78 is 1.85. The van der Waals surface area contributed by atoms with E-state index in [9.17, 15) is 9.59 Å². The van der Waals surface area contributed by atoms with Crippen LogP contribution in [0, 0.1) is 13.8 Å². The van der Waals surface area contributed by atoms with Crippen molar-refractivity contribution in [3.05, 3.63) is 68.0 Å². The molecule has 2 aliphatic heterocycles. The number of H-pyrrole nitrogens is 1. The highest BCUT2D eigenvalue weighted by Gasteiger charge is 2.19. The van der Waals surface area contributed by atoms with Crippen LogP contribution < -0.4 is 11.2 Å². The number of aryl methyl sites for hydroxylation is 2. The quantitative estimate of drug-likeness (QED) is 0.791. The molecule has 3 rings (SSSR count). The standard InChI is InChI=1S/C18H19N3O2/c1-10(2)13-5-7-14(8-6-13)21-12(4)9-11(3)15-16(21)19-18(23)20-17(15)22/h5-10H,1-4H3,(H,20,22,23). The summed E-state index contributed by atoms with van der Waals surface area (Å²) in [6.45, 7) is 8.07. The number of benzene rings is 1. The highest BCUT2D eigenvalue weighted by molar-refractivity contribution is 5.63. The van der Waals surface area contributed by atoms with Crippen molar-refractivity contribution in [3.63, 3.8) is 0 Å². The minimum absolute atomic E-state index is 0.397. The van der Waals surface area contributed by atoms with Gasteiger partial charge in [-0.1, -0.05) is 26.0 Å². The van der Waals surface area contributed by atoms with Crippen molar-refractivity contribution < 1.29 is 0 Å². The van der Waals surface area contributed by atoms with E-state index in [0.717, 1.165) is 16.9 Å². The lowest BCUT2D eigenvalue weighted by molar-refractivity contribution is 0.861. The zero-order valence-corrected chi connectivity index (χ0v) is 13.7. The average Bonchev–Trinajstić information content (AvgIpc) is 2.46. The Kier molecular flexibility index (Phi) is 3.64. The molecule has 0 amide bonds. The van der Waals surface area contributed by atoms with E-state index in [1.807, 2.05) is 36.6 Å². The van der Waals surface area contributed by atoms with Crippen LogP contribution in [0.15, 0.2) is 39.9 Å². The predicted molar refractivity (Wildman–Crippen MR) is 90.6 cm³/mol. The highest BCUT2D eigenvalue weighted by Crippen LogP contribution is 2.26. The number of aromatic nitrogens is 3. The molecular formula is C18H19N3O2. The summed E-state index contributed by atoms with van der Waals surface area (Å²) >= 11 is 0. The van der Waals surface area contributed by atoms with Crippen LogP contribution in [-0.2, 0) is 0 Å². The van der Waals surface area contributed by atoms with Crippen LogP contribution in [0.25, 0.3) is 17.1 Å². The zero-order valence-electron chi connectivity index (χ0n) is 13.7. The van der Waals surface area contributed by atoms with Gasteiger partial charge in [0.25, 0.3) is 5.56 Å². The molecule has 5 nitrogen and oxygen atoms in total. The first-order valence-electron chi connectivity index (χ1n) is 7.62. The van der Waals surface area contributed by atoms with Crippen LogP contribution in [-0.4, -0.2) is 14.5 Å². The Labute approximate surface area is 134 Å². The van der Waals surface area contributed by atoms with Gasteiger partial charge in [0, 0.05) is 11.4 Å². The first-order chi connectivity index (χ1) is 10.9. The largest absolute Gasteiger partial charge is 0.349 e. The van der Waals surface area contributed by atoms with Gasteiger partial charge in [0.1, 0.15) is 0 Å². The topological polar surface area (TPSA) is 67.8 Å². The minimum Gasteiger partial charge on any atom is -0.298 e. The zero-order chi connectivity index (χ0) is 16.7. The van der Waals surface area contributed by atoms with E-state index in [2.05, 4.69) is 35.9 Å². The van der Waals surface area contributed by atoms with Crippen molar-refractivity contribution in [2.75, 3.05) is 0 Å². The number of hydrogen-bond acceptors (Lipinski definition) is 3. The Bertz CT molecular complexity index is 950. The van der Waals surface area contributed by atoms with Gasteiger partial charge >= 0.3 is 5.69 Å². The van der Waals surface area contributed by atoms with E-state index in [4.69, 9.17) is 0 Å². The number of hydrogen-bond donors (Lipinski definition) is 1. The van der Waals surface area contributed by atoms with Gasteiger partial charge in [0.15, 0.2) is 5.82 Å². The monoisotopic (exact) mass is 309 g/mol. The molecule has 0 aliphatic carbocycles. The fourth-order valence-electron chi connectivity index (χ4n) is 2.91. The number of rotatable bonds is 2. The molecule has 5 heteroatoms. The van der Waals surface area contributed by atoms with Crippen molar-refractivity contribution >= 4 is 0 Å². The summed E-state index contributed by atoms with van der Waals surface area (Å²) in [4.78, 5) is 30.1. The Morgan fingerprint density at radius 2 is 1.74 bits per heavy atom. The molecule has 0 radical (unpaired) electrons. The lowest BCUT2D eigenvalue weighted by Crippen LogP contribution is -2.28. The van der Waals surface area contributed by atoms with Crippen molar-refractivity contribution in [2.24, 2.45) is 0 Å². The van der Waals surface area contributed by atoms with Gasteiger partial charge in [-0.15, -0.1) is 0 Å². The molecule has 0 spiro atoms. The van der Waals surface area contributed by atoms with Crippen molar-refractivity contribution in [3.8, 4) is 17.1 Å². The second kappa shape index (κ2) is 5.50. The normalized spacial score (nSPS) is 11.3. The number of fused-ring (bicyclic) bond motifs is 1. The summed E-state index contributed by atoms with van der Waals surface area (Å²) in [7, 11) is 0. The maximum absolute atomic E-state index is 12.1. The fourth-order valence-corrected chi connectivity index (χ4v) is 2.91. The van der Waals surface area contributed by atoms with E-state index in [0.29, 0.717) is 17.3 Å². The van der Waals surface area contributed by atoms with Gasteiger partial charge in [0.05, 0.1) is 5.56 Å². The summed E-state index contributed by atoms with van der Waals surface area (Å²) in [5.41, 5.74) is 3.27. The molecular weight excluding hydrogens is 290 g/mol. The van der Waals surface area contributed by atoms with E-state index in [1.165, 1.54) is 5.56 Å². The molecule has 0 saturated heterocycles. The first-order valence-corrected chi connectivity index (χ1v) is 7.62. The molecule has 0 aromatic heterocycles. The Balaban J connectivity index is 2.32. The molecule has 0 saturated carbocycles. The second-order valence-electron chi connectivity index (χ2n) is 6.12. The van der Waals surface area contributed by atoms with E-state index in [1.54, 1.807) is 0 Å². The first kappa shape index (κ1) is 15.2. The van der Waals surface area contributed by atoms with Crippen molar-refractivity contribution in [1.29, 1.82) is 0 Å². The lowest BCUT2D eigenvalue weighted by atomic mass is 10.0. The van der Waals surface area contributed by atoms with Crippen LogP contribution >= 0.6 is 0 Å². The van der Waals surface area contributed by atoms with Gasteiger partial charge in [-0.2, -0.15) is 4.98 Å². The Hall–Kier alpha value is -2.69. The molecule has 0 bridgehead atoms. The maximum atomic E-state index is 12.1. The highest BCUT2D eigenvalue weighted by atomic mass is 16.2. The molecule has 23 heavy (non-hydrogen) atoms. The number of aromatic amines is 1. The summed E-state index contributed by atoms with van der Waals surface area (Å²) in [5.74, 6) is 0.840. The van der Waals surface area contributed by atoms with Gasteiger partial charge in [-0.3, -0.25) is 14.3 Å². The Morgan fingerprint density at radius 1 is 1.09 bits per heavy atom. The molecule has 118 valence electrons. The van der Waals surface area contributed by atoms with Gasteiger partial charge in [0.2, 0.25) is 0 Å². The molecule has 2 heterocycles. The predicted octanol–water partition coefficient (Wildman–Crippen LogP) is 2.77. The smallest absolute Gasteiger partial charge is 0.298 e. The van der Waals surface area contributed by atoms with Gasteiger partial charge in [-0.05, 0) is 49.1 Å². The molecule has 0 fully saturated rings. The summed E-state index contributed by atoms with van der Waals surface area (Å²) in [6.07, 6.45) is 0. The minimum atomic E-state index is -0.625. The number of pyridine rings is 1. The van der Waals surface area contributed by atoms with Crippen LogP contribution in [0.1, 0.15) is 36.6 Å². The van der Waals surface area contributed by atoms with Crippen LogP contribution in [0.4, 0.5) is 0 Å². The average molecular weight is 309 g/mol. The third kappa shape index (κ3) is 2.59. The van der Waals surface area contributed by atoms with Crippen LogP contribution in [0.2, 0.25) is 0 Å². The van der Waals surface area contributed by atoms with Gasteiger partial charge in [-0.25, -0.2) is 4.79 Å². The molecule has 1 aromatic carbocycles. The summed E-state index contributed by atoms with van der Waals surface area (Å²) in [5, 5.41) is 0. The van der Waals surface area contributed by atoms with Crippen LogP contribution in [0.5, 0.6) is 0 Å². The van der Waals surface area contributed by atoms with E-state index in [-0.39, 0.29) is 0 Å². The third-order valence-corrected chi connectivity index (χ3v) is 4.08. The van der Waals surface area contributed by atoms with Crippen molar-refractivity contribution in [1.82, 2.24) is 14.5 Å². The maximum Gasteiger partial charge on any atom is 0.349 e. The molecule has 1 N–H and O–H groups in total. The number of nitrogens with one attached hydrogen (secondary N) is 1. The molecule has 2 aliphatic rings. The second-order valence-corrected chi connectivity index (χ2v) is 6.12. The van der Waals surface area contributed by atoms with Crippen molar-refractivity contribution in [2.45, 2.75) is 33.6 Å². The molecule has 0 unspecified atom stereocenters. The SMILES string of the molecule is Cc1cc(C)n(-c2ccc(C(C)C)cc2)c2nc(=O)[nH]c(=O)c1-2. The molecule has 0 atom stereocenters. The fraction of sp³-hybridized carbons (Fsp3) is 0.278. The van der Waals surface area contributed by atoms with E-state index < -0.39 is 11.2 Å². The number of nitrogens with zero attached hydrogens (tertiary/aromatic N) is 2. The lowest BCUT2D eigenvalue weighted by Gasteiger charge is -2.19. The van der Waals surface area contributed by atoms with E-state index >= 15 is 0 Å². The summed E-state index contributed by atoms with van der Waals surface area (Å²) in [6, 6.07) is 10.0. The van der Waals surface area contributed by atoms with Crippen LogP contribution in [0.3, 0.4) is 0 Å². The van der Waals surface area contributed by atoms with Gasteiger partial charge < -0.3 is 0 Å². The Morgan fingerprint density at radius 3 is 2.35 bits per heavy atom.